The van der Waals surface area contributed by atoms with Crippen LogP contribution in [-0.2, 0) is 0 Å². The Labute approximate surface area is 324 Å². The van der Waals surface area contributed by atoms with E-state index < -0.39 is 0 Å². The molecule has 0 spiro atoms. The number of hydrogen-bond acceptors (Lipinski definition) is 8. The molecule has 52 heavy (non-hydrogen) atoms. The van der Waals surface area contributed by atoms with E-state index in [1.165, 1.54) is 0 Å². The second-order valence-electron chi connectivity index (χ2n) is 12.6. The highest BCUT2D eigenvalue weighted by Gasteiger charge is 2.27. The molecule has 0 saturated heterocycles. The molecule has 0 unspecified atom stereocenters. The van der Waals surface area contributed by atoms with Gasteiger partial charge in [-0.2, -0.15) is 0 Å². The third-order valence-electron chi connectivity index (χ3n) is 9.15. The number of hydrogen-bond donors (Lipinski definition) is 4. The van der Waals surface area contributed by atoms with Crippen molar-refractivity contribution in [2.75, 3.05) is 0 Å². The fourth-order valence-corrected chi connectivity index (χ4v) is 7.82. The lowest BCUT2D eigenvalue weighted by Gasteiger charge is -2.13. The van der Waals surface area contributed by atoms with Crippen LogP contribution in [0.25, 0.3) is 22.3 Å². The molecule has 0 fully saturated rings. The van der Waals surface area contributed by atoms with Crippen molar-refractivity contribution in [3.63, 3.8) is 0 Å². The molecule has 5 aliphatic rings. The van der Waals surface area contributed by atoms with Gasteiger partial charge in [-0.1, -0.05) is 48.5 Å². The molecule has 4 nitrogen and oxygen atoms in total. The van der Waals surface area contributed by atoms with Crippen LogP contribution in [0.3, 0.4) is 0 Å². The van der Waals surface area contributed by atoms with E-state index in [0.717, 1.165) is 110 Å². The average molecular weight is 741 g/mol. The van der Waals surface area contributed by atoms with Crippen molar-refractivity contribution in [1.82, 2.24) is 0 Å². The molecule has 5 heterocycles. The van der Waals surface area contributed by atoms with Gasteiger partial charge in [-0.25, -0.2) is 20.0 Å². The summed E-state index contributed by atoms with van der Waals surface area (Å²) in [5.74, 6) is 0. The second kappa shape index (κ2) is 13.5. The zero-order valence-corrected chi connectivity index (χ0v) is 31.0. The summed E-state index contributed by atoms with van der Waals surface area (Å²) in [5.41, 5.74) is 13.8. The standard InChI is InChI=1S/C44H28N4S4/c49-29-9-1-5-25(21-29)41-33-13-15-35(45-33)42(26-6-2-10-30(50)22-26)37-17-19-39(47-37)44(28-8-4-12-32(52)24-28)40-20-18-38(48-40)43(36-16-14-34(41)46-36)27-7-3-11-31(51)23-27/h1-24,49-52H. The minimum atomic E-state index is 0.794. The number of aliphatic imine (C=N–C) groups is 4. The van der Waals surface area contributed by atoms with Gasteiger partial charge in [0, 0.05) is 41.9 Å². The molecular weight excluding hydrogens is 713 g/mol. The lowest BCUT2D eigenvalue weighted by atomic mass is 9.98. The van der Waals surface area contributed by atoms with Gasteiger partial charge < -0.3 is 0 Å². The van der Waals surface area contributed by atoms with E-state index in [4.69, 9.17) is 70.5 Å². The van der Waals surface area contributed by atoms with Gasteiger partial charge in [0.25, 0.3) is 0 Å². The first kappa shape index (κ1) is 32.8. The SMILES string of the molecule is Sc1cccc(C2=C3C=CC(=N3)C(c3cccc(S)c3)=C3C=CC(=N3)C(c3cccc(S)c3)=C3C=CC(=N3)C(c3cccc(S)c3)=C3C=CC2=N3)c1. The van der Waals surface area contributed by atoms with Gasteiger partial charge in [0.1, 0.15) is 0 Å². The van der Waals surface area contributed by atoms with Crippen molar-refractivity contribution in [3.8, 4) is 0 Å². The van der Waals surface area contributed by atoms with Gasteiger partial charge in [-0.3, -0.25) is 0 Å². The molecule has 4 aromatic carbocycles. The lowest BCUT2D eigenvalue weighted by molar-refractivity contribution is 1.38. The number of rotatable bonds is 4. The Morgan fingerprint density at radius 1 is 0.288 bits per heavy atom. The molecule has 0 aromatic heterocycles. The molecule has 8 heteroatoms. The van der Waals surface area contributed by atoms with Crippen molar-refractivity contribution >= 4 is 95.7 Å². The Balaban J connectivity index is 1.38. The van der Waals surface area contributed by atoms with Crippen LogP contribution in [-0.4, -0.2) is 22.8 Å². The summed E-state index contributed by atoms with van der Waals surface area (Å²) in [6.07, 6.45) is 16.5. The van der Waals surface area contributed by atoms with E-state index >= 15 is 0 Å². The highest BCUT2D eigenvalue weighted by Crippen LogP contribution is 2.39. The Morgan fingerprint density at radius 3 is 0.731 bits per heavy atom. The van der Waals surface area contributed by atoms with E-state index in [0.29, 0.717) is 0 Å². The van der Waals surface area contributed by atoms with Crippen molar-refractivity contribution in [1.29, 1.82) is 0 Å². The maximum Gasteiger partial charge on any atom is 0.0738 e. The third kappa shape index (κ3) is 6.11. The molecule has 0 aliphatic carbocycles. The Bertz CT molecular complexity index is 2290. The summed E-state index contributed by atoms with van der Waals surface area (Å²) in [6.45, 7) is 0. The van der Waals surface area contributed by atoms with Crippen LogP contribution in [0.2, 0.25) is 0 Å². The van der Waals surface area contributed by atoms with Crippen LogP contribution in [0.1, 0.15) is 22.3 Å². The molecular formula is C44H28N4S4. The lowest BCUT2D eigenvalue weighted by Crippen LogP contribution is -2.04. The fourth-order valence-electron chi connectivity index (χ4n) is 6.92. The first-order chi connectivity index (χ1) is 25.4. The van der Waals surface area contributed by atoms with Crippen LogP contribution in [0.15, 0.2) is 208 Å². The van der Waals surface area contributed by atoms with Crippen molar-refractivity contribution in [3.05, 3.63) is 191 Å². The van der Waals surface area contributed by atoms with Gasteiger partial charge in [0.15, 0.2) is 0 Å². The predicted octanol–water partition coefficient (Wildman–Crippen LogP) is 10.8. The summed E-state index contributed by atoms with van der Waals surface area (Å²) in [7, 11) is 0. The predicted molar refractivity (Wildman–Crippen MR) is 229 cm³/mol. The van der Waals surface area contributed by atoms with Crippen LogP contribution in [0, 0.1) is 0 Å². The first-order valence-corrected chi connectivity index (χ1v) is 18.4. The largest absolute Gasteiger partial charge is 0.248 e. The molecule has 0 radical (unpaired) electrons. The van der Waals surface area contributed by atoms with E-state index in [9.17, 15) is 0 Å². The minimum Gasteiger partial charge on any atom is -0.248 e. The first-order valence-electron chi connectivity index (χ1n) is 16.6. The molecule has 0 saturated carbocycles. The number of fused-ring (bicyclic) bond motifs is 4. The van der Waals surface area contributed by atoms with E-state index in [1.54, 1.807) is 0 Å². The molecule has 0 amide bonds. The topological polar surface area (TPSA) is 49.4 Å². The van der Waals surface area contributed by atoms with E-state index in [-0.39, 0.29) is 0 Å². The normalized spacial score (nSPS) is 17.5. The number of allylic oxidation sites excluding steroid dienone is 12. The maximum atomic E-state index is 5.32. The van der Waals surface area contributed by atoms with Crippen LogP contribution < -0.4 is 0 Å². The van der Waals surface area contributed by atoms with Gasteiger partial charge in [-0.15, -0.1) is 50.5 Å². The number of benzene rings is 4. The van der Waals surface area contributed by atoms with Crippen LogP contribution in [0.5, 0.6) is 0 Å². The van der Waals surface area contributed by atoms with Gasteiger partial charge in [-0.05, 0) is 119 Å². The zero-order valence-electron chi connectivity index (χ0n) is 27.4. The summed E-state index contributed by atoms with van der Waals surface area (Å²) in [6, 6.07) is 32.4. The summed E-state index contributed by atoms with van der Waals surface area (Å²) in [4.78, 5) is 24.7. The van der Waals surface area contributed by atoms with Crippen LogP contribution >= 0.6 is 50.5 Å². The average Bonchev–Trinajstić information content (AvgIpc) is 3.96. The summed E-state index contributed by atoms with van der Waals surface area (Å²) < 4.78 is 0. The molecule has 248 valence electrons. The molecule has 8 bridgehead atoms. The Kier molecular flexibility index (Phi) is 8.48. The molecule has 9 rings (SSSR count). The number of nitrogens with zero attached hydrogens (tertiary/aromatic N) is 4. The van der Waals surface area contributed by atoms with Gasteiger partial charge in [0.05, 0.1) is 45.6 Å². The van der Waals surface area contributed by atoms with Crippen molar-refractivity contribution in [2.45, 2.75) is 19.6 Å². The minimum absolute atomic E-state index is 0.794. The van der Waals surface area contributed by atoms with E-state index in [2.05, 4.69) is 97.1 Å². The molecule has 0 N–H and O–H groups in total. The molecule has 4 aromatic rings. The quantitative estimate of drug-likeness (QED) is 0.151. The summed E-state index contributed by atoms with van der Waals surface area (Å²) >= 11 is 18.8. The molecule has 0 atom stereocenters. The second-order valence-corrected chi connectivity index (χ2v) is 14.6. The Morgan fingerprint density at radius 2 is 0.519 bits per heavy atom. The highest BCUT2D eigenvalue weighted by molar-refractivity contribution is 7.80. The number of thiol groups is 4. The highest BCUT2D eigenvalue weighted by atomic mass is 32.1. The monoisotopic (exact) mass is 740 g/mol. The smallest absolute Gasteiger partial charge is 0.0738 e. The Hall–Kier alpha value is -5.12. The maximum absolute atomic E-state index is 5.32. The fraction of sp³-hybridized carbons (Fsp3) is 0. The van der Waals surface area contributed by atoms with Gasteiger partial charge in [0.2, 0.25) is 0 Å². The van der Waals surface area contributed by atoms with Crippen molar-refractivity contribution < 1.29 is 0 Å². The van der Waals surface area contributed by atoms with Gasteiger partial charge >= 0.3 is 0 Å². The van der Waals surface area contributed by atoms with Crippen LogP contribution in [0.4, 0.5) is 0 Å². The third-order valence-corrected chi connectivity index (χ3v) is 10.3. The van der Waals surface area contributed by atoms with Crippen molar-refractivity contribution in [2.24, 2.45) is 20.0 Å². The summed E-state index contributed by atoms with van der Waals surface area (Å²) in [5, 5.41) is 0. The zero-order chi connectivity index (χ0) is 35.3. The van der Waals surface area contributed by atoms with E-state index in [1.807, 2.05) is 48.5 Å². The molecule has 5 aliphatic heterocycles.